The number of carboxylic acid groups (broad SMARTS) is 1. The van der Waals surface area contributed by atoms with Gasteiger partial charge in [0.15, 0.2) is 6.04 Å². The molecule has 98 valence electrons. The monoisotopic (exact) mass is 379 g/mol. The van der Waals surface area contributed by atoms with E-state index in [0.29, 0.717) is 10.2 Å². The minimum atomic E-state index is -1.14. The Morgan fingerprint density at radius 2 is 2.11 bits per heavy atom. The van der Waals surface area contributed by atoms with Crippen LogP contribution < -0.4 is 10.1 Å². The fraction of sp³-hybridized carbons (Fsp3) is 0.273. The number of carbonyl (C=O) groups is 2. The average molecular weight is 381 g/mol. The predicted octanol–water partition coefficient (Wildman–Crippen LogP) is 2.18. The molecule has 0 aliphatic carbocycles. The quantitative estimate of drug-likeness (QED) is 0.820. The highest BCUT2D eigenvalue weighted by Gasteiger charge is 2.19. The SMILES string of the molecule is CC(=O)NC(COc1ccc(Br)cc1Br)C(=O)O. The van der Waals surface area contributed by atoms with Crippen LogP contribution in [0, 0.1) is 0 Å². The first kappa shape index (κ1) is 15.0. The normalized spacial score (nSPS) is 11.7. The Kier molecular flexibility index (Phi) is 5.61. The number of rotatable bonds is 5. The predicted molar refractivity (Wildman–Crippen MR) is 72.6 cm³/mol. The second-order valence-electron chi connectivity index (χ2n) is 3.48. The van der Waals surface area contributed by atoms with Crippen molar-refractivity contribution in [3.8, 4) is 5.75 Å². The lowest BCUT2D eigenvalue weighted by Gasteiger charge is -2.15. The molecule has 1 unspecified atom stereocenters. The van der Waals surface area contributed by atoms with Crippen molar-refractivity contribution < 1.29 is 19.4 Å². The van der Waals surface area contributed by atoms with E-state index in [-0.39, 0.29) is 6.61 Å². The van der Waals surface area contributed by atoms with Crippen LogP contribution in [0.5, 0.6) is 5.75 Å². The molecular formula is C11H11Br2NO4. The van der Waals surface area contributed by atoms with Gasteiger partial charge in [0, 0.05) is 11.4 Å². The van der Waals surface area contributed by atoms with Gasteiger partial charge in [0.1, 0.15) is 12.4 Å². The molecule has 0 saturated heterocycles. The molecule has 1 rings (SSSR count). The van der Waals surface area contributed by atoms with E-state index >= 15 is 0 Å². The molecule has 0 fully saturated rings. The molecule has 0 aromatic heterocycles. The van der Waals surface area contributed by atoms with Gasteiger partial charge in [0.25, 0.3) is 0 Å². The Bertz CT molecular complexity index is 464. The number of carboxylic acids is 1. The number of amides is 1. The Balaban J connectivity index is 2.66. The number of nitrogens with one attached hydrogen (secondary N) is 1. The maximum absolute atomic E-state index is 10.9. The highest BCUT2D eigenvalue weighted by Crippen LogP contribution is 2.28. The standard InChI is InChI=1S/C11H11Br2NO4/c1-6(15)14-9(11(16)17)5-18-10-3-2-7(12)4-8(10)13/h2-4,9H,5H2,1H3,(H,14,15)(H,16,17). The lowest BCUT2D eigenvalue weighted by molar-refractivity contribution is -0.142. The zero-order valence-electron chi connectivity index (χ0n) is 9.44. The van der Waals surface area contributed by atoms with E-state index in [1.54, 1.807) is 18.2 Å². The fourth-order valence-corrected chi connectivity index (χ4v) is 2.35. The largest absolute Gasteiger partial charge is 0.490 e. The van der Waals surface area contributed by atoms with E-state index in [2.05, 4.69) is 37.2 Å². The van der Waals surface area contributed by atoms with Crippen molar-refractivity contribution in [2.24, 2.45) is 0 Å². The second-order valence-corrected chi connectivity index (χ2v) is 5.25. The summed E-state index contributed by atoms with van der Waals surface area (Å²) >= 11 is 6.59. The van der Waals surface area contributed by atoms with E-state index in [9.17, 15) is 9.59 Å². The first-order valence-corrected chi connectivity index (χ1v) is 6.56. The first-order valence-electron chi connectivity index (χ1n) is 4.98. The summed E-state index contributed by atoms with van der Waals surface area (Å²) in [6.07, 6.45) is 0. The maximum atomic E-state index is 10.9. The van der Waals surface area contributed by atoms with Crippen molar-refractivity contribution in [3.63, 3.8) is 0 Å². The summed E-state index contributed by atoms with van der Waals surface area (Å²) in [5.41, 5.74) is 0. The maximum Gasteiger partial charge on any atom is 0.329 e. The number of carbonyl (C=O) groups excluding carboxylic acids is 1. The summed E-state index contributed by atoms with van der Waals surface area (Å²) in [5, 5.41) is 11.2. The highest BCUT2D eigenvalue weighted by molar-refractivity contribution is 9.11. The molecule has 0 radical (unpaired) electrons. The lowest BCUT2D eigenvalue weighted by Crippen LogP contribution is -2.43. The number of benzene rings is 1. The fourth-order valence-electron chi connectivity index (χ4n) is 1.19. The summed E-state index contributed by atoms with van der Waals surface area (Å²) in [7, 11) is 0. The van der Waals surface area contributed by atoms with E-state index in [4.69, 9.17) is 9.84 Å². The van der Waals surface area contributed by atoms with Gasteiger partial charge in [0.05, 0.1) is 4.47 Å². The van der Waals surface area contributed by atoms with Gasteiger partial charge in [-0.2, -0.15) is 0 Å². The molecular weight excluding hydrogens is 370 g/mol. The van der Waals surface area contributed by atoms with Crippen molar-refractivity contribution in [2.45, 2.75) is 13.0 Å². The third-order valence-electron chi connectivity index (χ3n) is 1.98. The van der Waals surface area contributed by atoms with Crippen LogP contribution in [-0.2, 0) is 9.59 Å². The molecule has 5 nitrogen and oxygen atoms in total. The van der Waals surface area contributed by atoms with Gasteiger partial charge >= 0.3 is 5.97 Å². The average Bonchev–Trinajstić information content (AvgIpc) is 2.25. The van der Waals surface area contributed by atoms with Crippen LogP contribution in [0.25, 0.3) is 0 Å². The van der Waals surface area contributed by atoms with E-state index in [1.165, 1.54) is 6.92 Å². The molecule has 7 heteroatoms. The molecule has 2 N–H and O–H groups in total. The van der Waals surface area contributed by atoms with Crippen LogP contribution in [-0.4, -0.2) is 29.6 Å². The van der Waals surface area contributed by atoms with Crippen molar-refractivity contribution in [3.05, 3.63) is 27.1 Å². The Hall–Kier alpha value is -1.08. The van der Waals surface area contributed by atoms with Crippen LogP contribution in [0.3, 0.4) is 0 Å². The number of hydrogen-bond acceptors (Lipinski definition) is 3. The zero-order chi connectivity index (χ0) is 13.7. The van der Waals surface area contributed by atoms with Gasteiger partial charge in [-0.05, 0) is 34.1 Å². The lowest BCUT2D eigenvalue weighted by atomic mass is 10.3. The van der Waals surface area contributed by atoms with Gasteiger partial charge in [-0.15, -0.1) is 0 Å². The van der Waals surface area contributed by atoms with Crippen molar-refractivity contribution >= 4 is 43.7 Å². The molecule has 0 saturated carbocycles. The van der Waals surface area contributed by atoms with Crippen LogP contribution in [0.15, 0.2) is 27.1 Å². The Morgan fingerprint density at radius 1 is 1.44 bits per heavy atom. The van der Waals surface area contributed by atoms with Crippen molar-refractivity contribution in [2.75, 3.05) is 6.61 Å². The smallest absolute Gasteiger partial charge is 0.329 e. The van der Waals surface area contributed by atoms with Gasteiger partial charge in [-0.25, -0.2) is 4.79 Å². The van der Waals surface area contributed by atoms with E-state index < -0.39 is 17.9 Å². The van der Waals surface area contributed by atoms with Crippen molar-refractivity contribution in [1.82, 2.24) is 5.32 Å². The summed E-state index contributed by atoms with van der Waals surface area (Å²) in [4.78, 5) is 21.7. The third kappa shape index (κ3) is 4.66. The van der Waals surface area contributed by atoms with Crippen LogP contribution in [0.2, 0.25) is 0 Å². The molecule has 18 heavy (non-hydrogen) atoms. The van der Waals surface area contributed by atoms with Gasteiger partial charge in [0.2, 0.25) is 5.91 Å². The van der Waals surface area contributed by atoms with Crippen LogP contribution in [0.4, 0.5) is 0 Å². The van der Waals surface area contributed by atoms with Crippen LogP contribution >= 0.6 is 31.9 Å². The van der Waals surface area contributed by atoms with Crippen LogP contribution in [0.1, 0.15) is 6.92 Å². The summed E-state index contributed by atoms with van der Waals surface area (Å²) in [5.74, 6) is -1.05. The van der Waals surface area contributed by atoms with E-state index in [1.807, 2.05) is 0 Å². The minimum Gasteiger partial charge on any atom is -0.490 e. The molecule has 1 aromatic carbocycles. The van der Waals surface area contributed by atoms with Gasteiger partial charge in [-0.1, -0.05) is 15.9 Å². The van der Waals surface area contributed by atoms with Gasteiger partial charge in [-0.3, -0.25) is 4.79 Å². The summed E-state index contributed by atoms with van der Waals surface area (Å²) < 4.78 is 6.92. The number of halogens is 2. The van der Waals surface area contributed by atoms with E-state index in [0.717, 1.165) is 4.47 Å². The highest BCUT2D eigenvalue weighted by atomic mass is 79.9. The first-order chi connectivity index (χ1) is 8.40. The Morgan fingerprint density at radius 3 is 2.61 bits per heavy atom. The number of aliphatic carboxylic acids is 1. The summed E-state index contributed by atoms with van der Waals surface area (Å²) in [6, 6.07) is 4.18. The Labute approximate surface area is 121 Å². The topological polar surface area (TPSA) is 75.6 Å². The number of ether oxygens (including phenoxy) is 1. The third-order valence-corrected chi connectivity index (χ3v) is 3.09. The molecule has 1 aromatic rings. The van der Waals surface area contributed by atoms with Gasteiger partial charge < -0.3 is 15.2 Å². The number of hydrogen-bond donors (Lipinski definition) is 2. The molecule has 0 heterocycles. The second kappa shape index (κ2) is 6.75. The molecule has 0 aliphatic rings. The molecule has 1 atom stereocenters. The molecule has 1 amide bonds. The molecule has 0 spiro atoms. The van der Waals surface area contributed by atoms with Crippen molar-refractivity contribution in [1.29, 1.82) is 0 Å². The zero-order valence-corrected chi connectivity index (χ0v) is 12.6. The molecule has 0 aliphatic heterocycles. The minimum absolute atomic E-state index is 0.144. The summed E-state index contributed by atoms with van der Waals surface area (Å²) in [6.45, 7) is 1.11. The molecule has 0 bridgehead atoms.